The summed E-state index contributed by atoms with van der Waals surface area (Å²) in [5.74, 6) is 0.703. The van der Waals surface area contributed by atoms with Crippen molar-refractivity contribution >= 4 is 5.95 Å². The Labute approximate surface area is 104 Å². The van der Waals surface area contributed by atoms with E-state index in [0.29, 0.717) is 12.0 Å². The van der Waals surface area contributed by atoms with Crippen LogP contribution in [-0.4, -0.2) is 22.6 Å². The summed E-state index contributed by atoms with van der Waals surface area (Å²) in [6, 6.07) is 0.369. The smallest absolute Gasteiger partial charge is 0.222 e. The molecule has 0 bridgehead atoms. The van der Waals surface area contributed by atoms with Crippen LogP contribution in [-0.2, 0) is 6.54 Å². The molecule has 0 unspecified atom stereocenters. The molecule has 0 aliphatic carbocycles. The Kier molecular flexibility index (Phi) is 6.55. The van der Waals surface area contributed by atoms with E-state index >= 15 is 0 Å². The number of hydrogen-bond acceptors (Lipinski definition) is 4. The van der Waals surface area contributed by atoms with Gasteiger partial charge in [-0.1, -0.05) is 19.8 Å². The topological polar surface area (TPSA) is 49.8 Å². The quantitative estimate of drug-likeness (QED) is 0.681. The molecule has 0 saturated heterocycles. The lowest BCUT2D eigenvalue weighted by Crippen LogP contribution is -2.16. The highest BCUT2D eigenvalue weighted by atomic mass is 15.1. The van der Waals surface area contributed by atoms with Gasteiger partial charge in [0.1, 0.15) is 0 Å². The third-order valence-corrected chi connectivity index (χ3v) is 2.41. The predicted octanol–water partition coefficient (Wildman–Crippen LogP) is 2.58. The summed E-state index contributed by atoms with van der Waals surface area (Å²) in [6.07, 6.45) is 7.56. The molecule has 1 rings (SSSR count). The van der Waals surface area contributed by atoms with E-state index in [-0.39, 0.29) is 0 Å². The zero-order chi connectivity index (χ0) is 12.5. The number of rotatable bonds is 8. The van der Waals surface area contributed by atoms with Crippen LogP contribution in [0.3, 0.4) is 0 Å². The molecule has 0 saturated carbocycles. The van der Waals surface area contributed by atoms with Gasteiger partial charge in [-0.25, -0.2) is 9.97 Å². The third kappa shape index (κ3) is 6.22. The molecule has 96 valence electrons. The van der Waals surface area contributed by atoms with Crippen LogP contribution in [0.5, 0.6) is 0 Å². The second-order valence-electron chi connectivity index (χ2n) is 4.60. The van der Waals surface area contributed by atoms with Gasteiger partial charge in [0, 0.05) is 30.5 Å². The van der Waals surface area contributed by atoms with Gasteiger partial charge in [-0.15, -0.1) is 0 Å². The van der Waals surface area contributed by atoms with Gasteiger partial charge in [0.25, 0.3) is 0 Å². The average Bonchev–Trinajstić information content (AvgIpc) is 2.30. The second-order valence-corrected chi connectivity index (χ2v) is 4.60. The standard InChI is InChI=1S/C13H24N4/c1-4-5-6-7-14-8-12-9-15-13(16-10-12)17-11(2)3/h9-11,14H,4-8H2,1-3H3,(H,15,16,17). The maximum absolute atomic E-state index is 4.27. The molecule has 2 N–H and O–H groups in total. The fourth-order valence-electron chi connectivity index (χ4n) is 1.51. The Balaban J connectivity index is 2.25. The van der Waals surface area contributed by atoms with E-state index in [1.54, 1.807) is 0 Å². The lowest BCUT2D eigenvalue weighted by atomic mass is 10.2. The number of aromatic nitrogens is 2. The molecule has 1 aromatic heterocycles. The lowest BCUT2D eigenvalue weighted by Gasteiger charge is -2.08. The van der Waals surface area contributed by atoms with E-state index in [0.717, 1.165) is 18.7 Å². The molecule has 0 amide bonds. The minimum Gasteiger partial charge on any atom is -0.352 e. The van der Waals surface area contributed by atoms with Crippen molar-refractivity contribution in [1.82, 2.24) is 15.3 Å². The first-order chi connectivity index (χ1) is 8.22. The van der Waals surface area contributed by atoms with Crippen LogP contribution in [0.15, 0.2) is 12.4 Å². The fourth-order valence-corrected chi connectivity index (χ4v) is 1.51. The summed E-state index contributed by atoms with van der Waals surface area (Å²) in [6.45, 7) is 8.29. The summed E-state index contributed by atoms with van der Waals surface area (Å²) >= 11 is 0. The normalized spacial score (nSPS) is 10.8. The molecular weight excluding hydrogens is 212 g/mol. The Morgan fingerprint density at radius 1 is 1.18 bits per heavy atom. The van der Waals surface area contributed by atoms with Crippen molar-refractivity contribution in [3.8, 4) is 0 Å². The molecule has 0 aliphatic rings. The Morgan fingerprint density at radius 3 is 2.47 bits per heavy atom. The molecule has 0 atom stereocenters. The van der Waals surface area contributed by atoms with Crippen molar-refractivity contribution in [3.05, 3.63) is 18.0 Å². The number of nitrogens with zero attached hydrogens (tertiary/aromatic N) is 2. The van der Waals surface area contributed by atoms with Gasteiger partial charge in [-0.2, -0.15) is 0 Å². The van der Waals surface area contributed by atoms with Crippen molar-refractivity contribution in [3.63, 3.8) is 0 Å². The average molecular weight is 236 g/mol. The summed E-state index contributed by atoms with van der Waals surface area (Å²) in [5.41, 5.74) is 1.14. The first kappa shape index (κ1) is 13.9. The zero-order valence-electron chi connectivity index (χ0n) is 11.2. The SMILES string of the molecule is CCCCCNCc1cnc(NC(C)C)nc1. The zero-order valence-corrected chi connectivity index (χ0v) is 11.2. The first-order valence-corrected chi connectivity index (χ1v) is 6.50. The highest BCUT2D eigenvalue weighted by molar-refractivity contribution is 5.25. The van der Waals surface area contributed by atoms with Crippen LogP contribution in [0.4, 0.5) is 5.95 Å². The second kappa shape index (κ2) is 8.01. The molecule has 0 spiro atoms. The van der Waals surface area contributed by atoms with Crippen LogP contribution in [0.2, 0.25) is 0 Å². The van der Waals surface area contributed by atoms with Gasteiger partial charge in [-0.05, 0) is 26.8 Å². The van der Waals surface area contributed by atoms with E-state index in [1.807, 2.05) is 12.4 Å². The predicted molar refractivity (Wildman–Crippen MR) is 72.0 cm³/mol. The van der Waals surface area contributed by atoms with Gasteiger partial charge in [0.05, 0.1) is 0 Å². The van der Waals surface area contributed by atoms with Gasteiger partial charge in [0.2, 0.25) is 5.95 Å². The minimum absolute atomic E-state index is 0.369. The van der Waals surface area contributed by atoms with Gasteiger partial charge < -0.3 is 10.6 Å². The van der Waals surface area contributed by atoms with E-state index in [2.05, 4.69) is 41.4 Å². The van der Waals surface area contributed by atoms with Crippen molar-refractivity contribution in [2.75, 3.05) is 11.9 Å². The maximum atomic E-state index is 4.27. The van der Waals surface area contributed by atoms with E-state index in [9.17, 15) is 0 Å². The largest absolute Gasteiger partial charge is 0.352 e. The van der Waals surface area contributed by atoms with E-state index in [4.69, 9.17) is 0 Å². The van der Waals surface area contributed by atoms with Crippen molar-refractivity contribution in [1.29, 1.82) is 0 Å². The van der Waals surface area contributed by atoms with E-state index in [1.165, 1.54) is 19.3 Å². The molecule has 0 aromatic carbocycles. The first-order valence-electron chi connectivity index (χ1n) is 6.50. The molecule has 17 heavy (non-hydrogen) atoms. The van der Waals surface area contributed by atoms with Crippen LogP contribution in [0.25, 0.3) is 0 Å². The Hall–Kier alpha value is -1.16. The highest BCUT2D eigenvalue weighted by Gasteiger charge is 1.98. The lowest BCUT2D eigenvalue weighted by molar-refractivity contribution is 0.615. The van der Waals surface area contributed by atoms with E-state index < -0.39 is 0 Å². The molecule has 4 heteroatoms. The van der Waals surface area contributed by atoms with Crippen molar-refractivity contribution < 1.29 is 0 Å². The summed E-state index contributed by atoms with van der Waals surface area (Å²) in [5, 5.41) is 6.57. The van der Waals surface area contributed by atoms with Gasteiger partial charge in [0.15, 0.2) is 0 Å². The molecule has 0 fully saturated rings. The molecule has 0 radical (unpaired) electrons. The van der Waals surface area contributed by atoms with Crippen LogP contribution in [0.1, 0.15) is 45.6 Å². The molecule has 0 aliphatic heterocycles. The number of anilines is 1. The van der Waals surface area contributed by atoms with Crippen LogP contribution >= 0.6 is 0 Å². The summed E-state index contributed by atoms with van der Waals surface area (Å²) < 4.78 is 0. The van der Waals surface area contributed by atoms with Crippen molar-refractivity contribution in [2.24, 2.45) is 0 Å². The number of hydrogen-bond donors (Lipinski definition) is 2. The molecule has 1 heterocycles. The number of unbranched alkanes of at least 4 members (excludes halogenated alkanes) is 2. The third-order valence-electron chi connectivity index (χ3n) is 2.41. The monoisotopic (exact) mass is 236 g/mol. The molecular formula is C13H24N4. The van der Waals surface area contributed by atoms with Crippen LogP contribution in [0, 0.1) is 0 Å². The van der Waals surface area contributed by atoms with Crippen LogP contribution < -0.4 is 10.6 Å². The van der Waals surface area contributed by atoms with Gasteiger partial charge in [-0.3, -0.25) is 0 Å². The number of nitrogens with one attached hydrogen (secondary N) is 2. The van der Waals surface area contributed by atoms with Crippen molar-refractivity contribution in [2.45, 2.75) is 52.6 Å². The summed E-state index contributed by atoms with van der Waals surface area (Å²) in [4.78, 5) is 8.54. The summed E-state index contributed by atoms with van der Waals surface area (Å²) in [7, 11) is 0. The molecule has 1 aromatic rings. The highest BCUT2D eigenvalue weighted by Crippen LogP contribution is 2.01. The minimum atomic E-state index is 0.369. The maximum Gasteiger partial charge on any atom is 0.222 e. The Bertz CT molecular complexity index is 295. The Morgan fingerprint density at radius 2 is 1.88 bits per heavy atom. The molecule has 4 nitrogen and oxygen atoms in total. The van der Waals surface area contributed by atoms with Gasteiger partial charge >= 0.3 is 0 Å². The fraction of sp³-hybridized carbons (Fsp3) is 0.692.